The number of benzene rings is 1. The Labute approximate surface area is 127 Å². The Bertz CT molecular complexity index is 405. The van der Waals surface area contributed by atoms with Crippen LogP contribution in [-0.2, 0) is 6.54 Å². The molecule has 1 aliphatic rings. The minimum absolute atomic E-state index is 0.752. The van der Waals surface area contributed by atoms with Crippen LogP contribution >= 0.6 is 11.6 Å². The van der Waals surface area contributed by atoms with Crippen molar-refractivity contribution < 1.29 is 4.74 Å². The summed E-state index contributed by atoms with van der Waals surface area (Å²) in [6.07, 6.45) is 3.78. The molecule has 0 radical (unpaired) electrons. The molecule has 0 atom stereocenters. The van der Waals surface area contributed by atoms with Crippen LogP contribution in [0.2, 0.25) is 5.02 Å². The zero-order chi connectivity index (χ0) is 14.2. The van der Waals surface area contributed by atoms with Crippen LogP contribution in [0.3, 0.4) is 0 Å². The summed E-state index contributed by atoms with van der Waals surface area (Å²) < 4.78 is 5.94. The van der Waals surface area contributed by atoms with Crippen LogP contribution < -0.4 is 10.1 Å². The fraction of sp³-hybridized carbons (Fsp3) is 0.625. The molecular weight excluding hydrogens is 272 g/mol. The quantitative estimate of drug-likeness (QED) is 0.745. The smallest absolute Gasteiger partial charge is 0.123 e. The second-order valence-electron chi connectivity index (χ2n) is 5.33. The highest BCUT2D eigenvalue weighted by Gasteiger charge is 2.11. The molecule has 0 aliphatic carbocycles. The van der Waals surface area contributed by atoms with Crippen LogP contribution in [0.25, 0.3) is 0 Å². The van der Waals surface area contributed by atoms with E-state index in [1.807, 2.05) is 18.2 Å². The third-order valence-electron chi connectivity index (χ3n) is 3.63. The summed E-state index contributed by atoms with van der Waals surface area (Å²) in [6, 6.07) is 5.88. The average molecular weight is 297 g/mol. The predicted octanol–water partition coefficient (Wildman–Crippen LogP) is 3.31. The first-order valence-electron chi connectivity index (χ1n) is 7.64. The van der Waals surface area contributed by atoms with Gasteiger partial charge in [0.15, 0.2) is 0 Å². The average Bonchev–Trinajstić information content (AvgIpc) is 2.95. The van der Waals surface area contributed by atoms with Crippen molar-refractivity contribution in [1.29, 1.82) is 0 Å². The van der Waals surface area contributed by atoms with Gasteiger partial charge in [-0.15, -0.1) is 0 Å². The maximum absolute atomic E-state index is 6.08. The Morgan fingerprint density at radius 2 is 2.10 bits per heavy atom. The second-order valence-corrected chi connectivity index (χ2v) is 5.76. The third-order valence-corrected chi connectivity index (χ3v) is 3.86. The maximum atomic E-state index is 6.08. The van der Waals surface area contributed by atoms with Gasteiger partial charge < -0.3 is 10.1 Å². The van der Waals surface area contributed by atoms with Crippen LogP contribution in [0, 0.1) is 0 Å². The lowest BCUT2D eigenvalue weighted by Crippen LogP contribution is -2.25. The SMILES string of the molecule is CCCNCc1cc(Cl)ccc1OCCN1CCCC1. The van der Waals surface area contributed by atoms with Gasteiger partial charge in [0.05, 0.1) is 0 Å². The van der Waals surface area contributed by atoms with Crippen LogP contribution in [0.4, 0.5) is 0 Å². The molecule has 0 amide bonds. The number of likely N-dealkylation sites (tertiary alicyclic amines) is 1. The molecule has 1 aliphatic heterocycles. The number of nitrogens with zero attached hydrogens (tertiary/aromatic N) is 1. The van der Waals surface area contributed by atoms with E-state index >= 15 is 0 Å². The maximum Gasteiger partial charge on any atom is 0.123 e. The first kappa shape index (κ1) is 15.6. The Kier molecular flexibility index (Phi) is 6.64. The van der Waals surface area contributed by atoms with Gasteiger partial charge in [-0.05, 0) is 57.1 Å². The number of halogens is 1. The fourth-order valence-corrected chi connectivity index (χ4v) is 2.71. The summed E-state index contributed by atoms with van der Waals surface area (Å²) >= 11 is 6.08. The number of rotatable bonds is 8. The van der Waals surface area contributed by atoms with E-state index in [1.54, 1.807) is 0 Å². The van der Waals surface area contributed by atoms with Gasteiger partial charge in [-0.2, -0.15) is 0 Å². The molecule has 112 valence electrons. The number of ether oxygens (including phenoxy) is 1. The van der Waals surface area contributed by atoms with Crippen LogP contribution in [0.15, 0.2) is 18.2 Å². The Hall–Kier alpha value is -0.770. The standard InChI is InChI=1S/C16H25ClN2O/c1-2-7-18-13-14-12-15(17)5-6-16(14)20-11-10-19-8-3-4-9-19/h5-6,12,18H,2-4,7-11,13H2,1H3. The number of nitrogens with one attached hydrogen (secondary N) is 1. The minimum atomic E-state index is 0.752. The van der Waals surface area contributed by atoms with E-state index in [1.165, 1.54) is 25.9 Å². The number of hydrogen-bond donors (Lipinski definition) is 1. The third kappa shape index (κ3) is 4.97. The summed E-state index contributed by atoms with van der Waals surface area (Å²) in [5, 5.41) is 4.17. The second kappa shape index (κ2) is 8.50. The van der Waals surface area contributed by atoms with Gasteiger partial charge in [-0.1, -0.05) is 18.5 Å². The normalized spacial score (nSPS) is 15.7. The van der Waals surface area contributed by atoms with E-state index in [0.29, 0.717) is 0 Å². The summed E-state index contributed by atoms with van der Waals surface area (Å²) in [5.74, 6) is 0.956. The zero-order valence-corrected chi connectivity index (χ0v) is 13.1. The molecule has 1 aromatic rings. The summed E-state index contributed by atoms with van der Waals surface area (Å²) in [6.45, 7) is 8.20. The summed E-state index contributed by atoms with van der Waals surface area (Å²) in [4.78, 5) is 2.46. The van der Waals surface area contributed by atoms with Gasteiger partial charge in [0.25, 0.3) is 0 Å². The number of hydrogen-bond acceptors (Lipinski definition) is 3. The zero-order valence-electron chi connectivity index (χ0n) is 12.3. The molecule has 0 spiro atoms. The molecule has 1 aromatic carbocycles. The minimum Gasteiger partial charge on any atom is -0.492 e. The monoisotopic (exact) mass is 296 g/mol. The van der Waals surface area contributed by atoms with E-state index in [0.717, 1.165) is 49.0 Å². The Morgan fingerprint density at radius 3 is 2.85 bits per heavy atom. The highest BCUT2D eigenvalue weighted by atomic mass is 35.5. The van der Waals surface area contributed by atoms with Crippen molar-refractivity contribution in [2.45, 2.75) is 32.7 Å². The van der Waals surface area contributed by atoms with E-state index in [4.69, 9.17) is 16.3 Å². The van der Waals surface area contributed by atoms with Crippen molar-refractivity contribution in [3.63, 3.8) is 0 Å². The molecule has 1 heterocycles. The van der Waals surface area contributed by atoms with Crippen molar-refractivity contribution in [3.05, 3.63) is 28.8 Å². The molecule has 0 bridgehead atoms. The fourth-order valence-electron chi connectivity index (χ4n) is 2.52. The molecule has 2 rings (SSSR count). The van der Waals surface area contributed by atoms with Crippen molar-refractivity contribution in [2.75, 3.05) is 32.8 Å². The molecule has 3 nitrogen and oxygen atoms in total. The summed E-state index contributed by atoms with van der Waals surface area (Å²) in [5.41, 5.74) is 1.15. The van der Waals surface area contributed by atoms with Crippen molar-refractivity contribution in [1.82, 2.24) is 10.2 Å². The molecule has 0 aromatic heterocycles. The molecule has 1 N–H and O–H groups in total. The highest BCUT2D eigenvalue weighted by Crippen LogP contribution is 2.23. The molecule has 0 unspecified atom stereocenters. The van der Waals surface area contributed by atoms with Crippen molar-refractivity contribution >= 4 is 11.6 Å². The molecule has 0 saturated carbocycles. The first-order valence-corrected chi connectivity index (χ1v) is 8.01. The first-order chi connectivity index (χ1) is 9.79. The molecule has 1 saturated heterocycles. The van der Waals surface area contributed by atoms with Gasteiger partial charge in [0.2, 0.25) is 0 Å². The highest BCUT2D eigenvalue weighted by molar-refractivity contribution is 6.30. The van der Waals surface area contributed by atoms with Gasteiger partial charge in [0.1, 0.15) is 12.4 Å². The molecule has 20 heavy (non-hydrogen) atoms. The van der Waals surface area contributed by atoms with Gasteiger partial charge in [-0.3, -0.25) is 4.90 Å². The lowest BCUT2D eigenvalue weighted by Gasteiger charge is -2.17. The van der Waals surface area contributed by atoms with Crippen LogP contribution in [-0.4, -0.2) is 37.7 Å². The van der Waals surface area contributed by atoms with E-state index in [-0.39, 0.29) is 0 Å². The van der Waals surface area contributed by atoms with E-state index in [2.05, 4.69) is 17.1 Å². The van der Waals surface area contributed by atoms with Crippen molar-refractivity contribution in [3.8, 4) is 5.75 Å². The predicted molar refractivity (Wildman–Crippen MR) is 84.6 cm³/mol. The Morgan fingerprint density at radius 1 is 1.30 bits per heavy atom. The van der Waals surface area contributed by atoms with E-state index < -0.39 is 0 Å². The largest absolute Gasteiger partial charge is 0.492 e. The van der Waals surface area contributed by atoms with Crippen molar-refractivity contribution in [2.24, 2.45) is 0 Å². The molecular formula is C16H25ClN2O. The van der Waals surface area contributed by atoms with E-state index in [9.17, 15) is 0 Å². The van der Waals surface area contributed by atoms with Crippen LogP contribution in [0.1, 0.15) is 31.7 Å². The van der Waals surface area contributed by atoms with Gasteiger partial charge in [0, 0.05) is 23.7 Å². The molecule has 1 fully saturated rings. The molecule has 4 heteroatoms. The lowest BCUT2D eigenvalue weighted by molar-refractivity contribution is 0.236. The lowest BCUT2D eigenvalue weighted by atomic mass is 10.2. The van der Waals surface area contributed by atoms with Crippen LogP contribution in [0.5, 0.6) is 5.75 Å². The van der Waals surface area contributed by atoms with Gasteiger partial charge >= 0.3 is 0 Å². The topological polar surface area (TPSA) is 24.5 Å². The van der Waals surface area contributed by atoms with Gasteiger partial charge in [-0.25, -0.2) is 0 Å². The Balaban J connectivity index is 1.84. The summed E-state index contributed by atoms with van der Waals surface area (Å²) in [7, 11) is 0.